The van der Waals surface area contributed by atoms with Crippen molar-refractivity contribution in [2.45, 2.75) is 6.42 Å². The summed E-state index contributed by atoms with van der Waals surface area (Å²) in [6.07, 6.45) is -0.101. The molecule has 1 aromatic heterocycles. The predicted molar refractivity (Wildman–Crippen MR) is 58.3 cm³/mol. The molecule has 0 aliphatic carbocycles. The van der Waals surface area contributed by atoms with Gasteiger partial charge in [0, 0.05) is 31.0 Å². The Morgan fingerprint density at radius 3 is 2.80 bits per heavy atom. The highest BCUT2D eigenvalue weighted by atomic mass is 32.1. The zero-order chi connectivity index (χ0) is 11.3. The summed E-state index contributed by atoms with van der Waals surface area (Å²) in [5.74, 6) is 0.0482. The molecular weight excluding hydrogens is 214 g/mol. The molecule has 0 bridgehead atoms. The Kier molecular flexibility index (Phi) is 4.30. The zero-order valence-electron chi connectivity index (χ0n) is 8.73. The molecule has 0 N–H and O–H groups in total. The SMILES string of the molecule is COC(=O)N(C)CCC(=O)c1ccsc1. The van der Waals surface area contributed by atoms with Crippen LogP contribution in [0.5, 0.6) is 0 Å². The molecule has 0 radical (unpaired) electrons. The van der Waals surface area contributed by atoms with E-state index in [1.807, 2.05) is 5.38 Å². The molecule has 0 spiro atoms. The number of hydrogen-bond acceptors (Lipinski definition) is 4. The fourth-order valence-corrected chi connectivity index (χ4v) is 1.74. The first-order valence-corrected chi connectivity index (χ1v) is 5.44. The number of Topliss-reactive ketones (excluding diaryl/α,β-unsaturated/α-hetero) is 1. The van der Waals surface area contributed by atoms with Gasteiger partial charge in [0.1, 0.15) is 0 Å². The van der Waals surface area contributed by atoms with Gasteiger partial charge in [-0.2, -0.15) is 11.3 Å². The van der Waals surface area contributed by atoms with E-state index in [1.54, 1.807) is 18.5 Å². The van der Waals surface area contributed by atoms with Crippen LogP contribution in [0.2, 0.25) is 0 Å². The van der Waals surface area contributed by atoms with Crippen molar-refractivity contribution in [3.05, 3.63) is 22.4 Å². The van der Waals surface area contributed by atoms with Gasteiger partial charge in [0.25, 0.3) is 0 Å². The first-order chi connectivity index (χ1) is 7.15. The van der Waals surface area contributed by atoms with Gasteiger partial charge in [-0.3, -0.25) is 4.79 Å². The van der Waals surface area contributed by atoms with Gasteiger partial charge in [0.05, 0.1) is 7.11 Å². The van der Waals surface area contributed by atoms with Crippen molar-refractivity contribution in [3.8, 4) is 0 Å². The van der Waals surface area contributed by atoms with E-state index in [9.17, 15) is 9.59 Å². The molecule has 0 saturated carbocycles. The monoisotopic (exact) mass is 227 g/mol. The summed E-state index contributed by atoms with van der Waals surface area (Å²) >= 11 is 1.49. The molecule has 1 heterocycles. The van der Waals surface area contributed by atoms with E-state index in [1.165, 1.54) is 23.3 Å². The van der Waals surface area contributed by atoms with Crippen LogP contribution < -0.4 is 0 Å². The van der Waals surface area contributed by atoms with Crippen molar-refractivity contribution in [1.82, 2.24) is 4.90 Å². The summed E-state index contributed by atoms with van der Waals surface area (Å²) in [7, 11) is 2.92. The molecule has 1 rings (SSSR count). The van der Waals surface area contributed by atoms with Gasteiger partial charge in [-0.05, 0) is 11.4 Å². The molecule has 0 aromatic carbocycles. The Morgan fingerprint density at radius 1 is 1.53 bits per heavy atom. The smallest absolute Gasteiger partial charge is 0.409 e. The van der Waals surface area contributed by atoms with Crippen LogP contribution in [0.4, 0.5) is 4.79 Å². The molecule has 0 aliphatic heterocycles. The minimum Gasteiger partial charge on any atom is -0.453 e. The highest BCUT2D eigenvalue weighted by molar-refractivity contribution is 7.08. The van der Waals surface area contributed by atoms with E-state index in [2.05, 4.69) is 4.74 Å². The summed E-state index contributed by atoms with van der Waals surface area (Å²) in [6.45, 7) is 0.376. The van der Waals surface area contributed by atoms with Crippen LogP contribution in [0.25, 0.3) is 0 Å². The second-order valence-electron chi connectivity index (χ2n) is 3.08. The van der Waals surface area contributed by atoms with Crippen molar-refractivity contribution in [3.63, 3.8) is 0 Å². The van der Waals surface area contributed by atoms with Gasteiger partial charge in [-0.15, -0.1) is 0 Å². The van der Waals surface area contributed by atoms with E-state index < -0.39 is 6.09 Å². The van der Waals surface area contributed by atoms with Gasteiger partial charge in [-0.25, -0.2) is 4.79 Å². The number of thiophene rings is 1. The molecule has 0 fully saturated rings. The van der Waals surface area contributed by atoms with Crippen LogP contribution in [0.15, 0.2) is 16.8 Å². The van der Waals surface area contributed by atoms with Crippen LogP contribution in [0, 0.1) is 0 Å². The number of rotatable bonds is 4. The molecule has 0 saturated heterocycles. The average molecular weight is 227 g/mol. The minimum atomic E-state index is -0.423. The highest BCUT2D eigenvalue weighted by Gasteiger charge is 2.11. The lowest BCUT2D eigenvalue weighted by Crippen LogP contribution is -2.28. The van der Waals surface area contributed by atoms with E-state index in [0.717, 1.165) is 0 Å². The van der Waals surface area contributed by atoms with E-state index in [0.29, 0.717) is 18.5 Å². The first kappa shape index (κ1) is 11.7. The van der Waals surface area contributed by atoms with Crippen LogP contribution in [-0.2, 0) is 4.74 Å². The third kappa shape index (κ3) is 3.36. The quantitative estimate of drug-likeness (QED) is 0.739. The fraction of sp³-hybridized carbons (Fsp3) is 0.400. The molecule has 15 heavy (non-hydrogen) atoms. The molecular formula is C10H13NO3S. The van der Waals surface area contributed by atoms with Gasteiger partial charge in [-0.1, -0.05) is 0 Å². The molecule has 5 heteroatoms. The van der Waals surface area contributed by atoms with Crippen LogP contribution in [-0.4, -0.2) is 37.5 Å². The Labute approximate surface area is 92.5 Å². The van der Waals surface area contributed by atoms with E-state index in [4.69, 9.17) is 0 Å². The Hall–Kier alpha value is -1.36. The normalized spacial score (nSPS) is 9.73. The molecule has 0 atom stereocenters. The maximum atomic E-state index is 11.5. The lowest BCUT2D eigenvalue weighted by molar-refractivity contribution is 0.0960. The number of amides is 1. The van der Waals surface area contributed by atoms with Crippen molar-refractivity contribution >= 4 is 23.2 Å². The van der Waals surface area contributed by atoms with Crippen molar-refractivity contribution in [2.24, 2.45) is 0 Å². The molecule has 4 nitrogen and oxygen atoms in total. The third-order valence-corrected chi connectivity index (χ3v) is 2.69. The summed E-state index contributed by atoms with van der Waals surface area (Å²) in [4.78, 5) is 23.9. The topological polar surface area (TPSA) is 46.6 Å². The number of ketones is 1. The van der Waals surface area contributed by atoms with Crippen molar-refractivity contribution in [2.75, 3.05) is 20.7 Å². The second kappa shape index (κ2) is 5.50. The number of carbonyl (C=O) groups is 2. The number of ether oxygens (including phenoxy) is 1. The summed E-state index contributed by atoms with van der Waals surface area (Å²) in [6, 6.07) is 1.78. The summed E-state index contributed by atoms with van der Waals surface area (Å²) in [5, 5.41) is 3.66. The second-order valence-corrected chi connectivity index (χ2v) is 3.86. The lowest BCUT2D eigenvalue weighted by Gasteiger charge is -2.14. The Balaban J connectivity index is 2.38. The average Bonchev–Trinajstić information content (AvgIpc) is 2.77. The van der Waals surface area contributed by atoms with Gasteiger partial charge < -0.3 is 9.64 Å². The Morgan fingerprint density at radius 2 is 2.27 bits per heavy atom. The van der Waals surface area contributed by atoms with Gasteiger partial charge >= 0.3 is 6.09 Å². The largest absolute Gasteiger partial charge is 0.453 e. The zero-order valence-corrected chi connectivity index (χ0v) is 9.54. The molecule has 0 aliphatic rings. The van der Waals surface area contributed by atoms with Crippen molar-refractivity contribution < 1.29 is 14.3 Å². The van der Waals surface area contributed by atoms with Gasteiger partial charge in [0.2, 0.25) is 0 Å². The number of methoxy groups -OCH3 is 1. The summed E-state index contributed by atoms with van der Waals surface area (Å²) < 4.78 is 4.51. The van der Waals surface area contributed by atoms with Crippen LogP contribution in [0.1, 0.15) is 16.8 Å². The van der Waals surface area contributed by atoms with Crippen molar-refractivity contribution in [1.29, 1.82) is 0 Å². The molecule has 82 valence electrons. The predicted octanol–water partition coefficient (Wildman–Crippen LogP) is 2.02. The van der Waals surface area contributed by atoms with E-state index in [-0.39, 0.29) is 5.78 Å². The molecule has 1 amide bonds. The highest BCUT2D eigenvalue weighted by Crippen LogP contribution is 2.09. The molecule has 1 aromatic rings. The van der Waals surface area contributed by atoms with Gasteiger partial charge in [0.15, 0.2) is 5.78 Å². The maximum Gasteiger partial charge on any atom is 0.409 e. The van der Waals surface area contributed by atoms with Crippen LogP contribution >= 0.6 is 11.3 Å². The number of hydrogen-bond donors (Lipinski definition) is 0. The maximum absolute atomic E-state index is 11.5. The minimum absolute atomic E-state index is 0.0482. The third-order valence-electron chi connectivity index (χ3n) is 2.00. The number of carbonyl (C=O) groups excluding carboxylic acids is 2. The lowest BCUT2D eigenvalue weighted by atomic mass is 10.1. The van der Waals surface area contributed by atoms with E-state index >= 15 is 0 Å². The standard InChI is InChI=1S/C10H13NO3S/c1-11(10(13)14-2)5-3-9(12)8-4-6-15-7-8/h4,6-7H,3,5H2,1-2H3. The first-order valence-electron chi connectivity index (χ1n) is 4.49. The summed E-state index contributed by atoms with van der Waals surface area (Å²) in [5.41, 5.74) is 0.707. The molecule has 0 unspecified atom stereocenters. The Bertz CT molecular complexity index is 334. The van der Waals surface area contributed by atoms with Crippen LogP contribution in [0.3, 0.4) is 0 Å². The number of nitrogens with zero attached hydrogens (tertiary/aromatic N) is 1. The fourth-order valence-electron chi connectivity index (χ4n) is 1.08.